The highest BCUT2D eigenvalue weighted by molar-refractivity contribution is 6.67. The van der Waals surface area contributed by atoms with Gasteiger partial charge in [0.1, 0.15) is 0 Å². The second-order valence-corrected chi connectivity index (χ2v) is 5.68. The predicted molar refractivity (Wildman–Crippen MR) is 60.4 cm³/mol. The van der Waals surface area contributed by atoms with Crippen molar-refractivity contribution in [2.75, 3.05) is 0 Å². The molecule has 0 aromatic heterocycles. The molecular weight excluding hydrogens is 273 g/mol. The van der Waals surface area contributed by atoms with Gasteiger partial charge in [-0.25, -0.2) is 0 Å². The highest BCUT2D eigenvalue weighted by Crippen LogP contribution is 2.42. The van der Waals surface area contributed by atoms with Gasteiger partial charge in [-0.2, -0.15) is 0 Å². The first-order chi connectivity index (χ1) is 5.82. The molecule has 1 rings (SSSR count). The Morgan fingerprint density at radius 3 is 2.08 bits per heavy atom. The van der Waals surface area contributed by atoms with Crippen LogP contribution in [0.1, 0.15) is 11.1 Å². The number of halogens is 5. The SMILES string of the molecule is Cc1c(Cl)cc(Cl)cc1C(Cl)(Cl)Cl. The molecule has 0 fully saturated rings. The summed E-state index contributed by atoms with van der Waals surface area (Å²) in [5, 5.41) is 0.950. The lowest BCUT2D eigenvalue weighted by molar-refractivity contribution is 1.19. The molecule has 72 valence electrons. The van der Waals surface area contributed by atoms with Crippen molar-refractivity contribution in [2.24, 2.45) is 0 Å². The molecule has 0 radical (unpaired) electrons. The summed E-state index contributed by atoms with van der Waals surface area (Å²) in [6.45, 7) is 1.77. The molecule has 13 heavy (non-hydrogen) atoms. The van der Waals surface area contributed by atoms with Gasteiger partial charge >= 0.3 is 0 Å². The molecule has 0 nitrogen and oxygen atoms in total. The number of benzene rings is 1. The van der Waals surface area contributed by atoms with Crippen LogP contribution < -0.4 is 0 Å². The quantitative estimate of drug-likeness (QED) is 0.577. The van der Waals surface area contributed by atoms with Crippen LogP contribution in [-0.4, -0.2) is 0 Å². The summed E-state index contributed by atoms with van der Waals surface area (Å²) in [4.78, 5) is 0. The number of alkyl halides is 3. The molecular formula is C8H5Cl5. The van der Waals surface area contributed by atoms with Crippen LogP contribution in [0.25, 0.3) is 0 Å². The Bertz CT molecular complexity index is 326. The topological polar surface area (TPSA) is 0 Å². The first kappa shape index (κ1) is 11.7. The standard InChI is InChI=1S/C8H5Cl5/c1-4-6(8(11,12)13)2-5(9)3-7(4)10/h2-3H,1H3. The Balaban J connectivity index is 3.37. The first-order valence-electron chi connectivity index (χ1n) is 3.35. The van der Waals surface area contributed by atoms with Crippen LogP contribution in [0.3, 0.4) is 0 Å². The van der Waals surface area contributed by atoms with Crippen LogP contribution in [0.2, 0.25) is 10.0 Å². The van der Waals surface area contributed by atoms with Crippen LogP contribution in [-0.2, 0) is 3.79 Å². The van der Waals surface area contributed by atoms with Gasteiger partial charge in [0.15, 0.2) is 0 Å². The molecule has 0 N–H and O–H groups in total. The largest absolute Gasteiger partial charge is 0.216 e. The minimum absolute atomic E-state index is 0.455. The first-order valence-corrected chi connectivity index (χ1v) is 5.24. The second-order valence-electron chi connectivity index (χ2n) is 2.56. The van der Waals surface area contributed by atoms with Gasteiger partial charge in [-0.3, -0.25) is 0 Å². The molecule has 0 heterocycles. The van der Waals surface area contributed by atoms with Gasteiger partial charge in [0.25, 0.3) is 0 Å². The van der Waals surface area contributed by atoms with Gasteiger partial charge in [0, 0.05) is 15.6 Å². The summed E-state index contributed by atoms with van der Waals surface area (Å²) in [6, 6.07) is 3.20. The maximum absolute atomic E-state index is 5.86. The van der Waals surface area contributed by atoms with Crippen molar-refractivity contribution in [3.8, 4) is 0 Å². The van der Waals surface area contributed by atoms with Crippen LogP contribution in [0.15, 0.2) is 12.1 Å². The van der Waals surface area contributed by atoms with Crippen molar-refractivity contribution in [3.63, 3.8) is 0 Å². The van der Waals surface area contributed by atoms with Gasteiger partial charge in [-0.05, 0) is 24.6 Å². The third-order valence-corrected chi connectivity index (χ3v) is 2.84. The minimum atomic E-state index is -1.49. The molecule has 0 aliphatic rings. The molecule has 0 aliphatic carbocycles. The third kappa shape index (κ3) is 2.81. The fourth-order valence-electron chi connectivity index (χ4n) is 0.940. The average molecular weight is 278 g/mol. The van der Waals surface area contributed by atoms with E-state index in [0.29, 0.717) is 15.6 Å². The van der Waals surface area contributed by atoms with E-state index >= 15 is 0 Å². The van der Waals surface area contributed by atoms with Crippen molar-refractivity contribution in [1.29, 1.82) is 0 Å². The van der Waals surface area contributed by atoms with Gasteiger partial charge < -0.3 is 0 Å². The molecule has 0 bridgehead atoms. The lowest BCUT2D eigenvalue weighted by Gasteiger charge is -2.15. The Labute approximate surface area is 102 Å². The summed E-state index contributed by atoms with van der Waals surface area (Å²) < 4.78 is -1.49. The molecule has 5 heteroatoms. The Morgan fingerprint density at radius 1 is 1.08 bits per heavy atom. The monoisotopic (exact) mass is 276 g/mol. The van der Waals surface area contributed by atoms with Crippen LogP contribution >= 0.6 is 58.0 Å². The third-order valence-electron chi connectivity index (χ3n) is 1.61. The van der Waals surface area contributed by atoms with E-state index in [2.05, 4.69) is 0 Å². The van der Waals surface area contributed by atoms with Crippen molar-refractivity contribution in [3.05, 3.63) is 33.3 Å². The van der Waals surface area contributed by atoms with Gasteiger partial charge in [0.2, 0.25) is 3.79 Å². The highest BCUT2D eigenvalue weighted by Gasteiger charge is 2.26. The molecule has 0 amide bonds. The van der Waals surface area contributed by atoms with E-state index in [-0.39, 0.29) is 0 Å². The van der Waals surface area contributed by atoms with Crippen LogP contribution in [0, 0.1) is 6.92 Å². The van der Waals surface area contributed by atoms with Gasteiger partial charge in [-0.1, -0.05) is 58.0 Å². The number of hydrogen-bond donors (Lipinski definition) is 0. The van der Waals surface area contributed by atoms with Crippen LogP contribution in [0.4, 0.5) is 0 Å². The average Bonchev–Trinajstić information content (AvgIpc) is 1.94. The predicted octanol–water partition coefficient (Wildman–Crippen LogP) is 5.13. The normalized spacial score (nSPS) is 11.8. The summed E-state index contributed by atoms with van der Waals surface area (Å²) in [5.41, 5.74) is 1.24. The van der Waals surface area contributed by atoms with E-state index in [0.717, 1.165) is 5.56 Å². The van der Waals surface area contributed by atoms with Crippen molar-refractivity contribution >= 4 is 58.0 Å². The zero-order chi connectivity index (χ0) is 10.2. The zero-order valence-electron chi connectivity index (χ0n) is 6.54. The van der Waals surface area contributed by atoms with Crippen molar-refractivity contribution in [1.82, 2.24) is 0 Å². The zero-order valence-corrected chi connectivity index (χ0v) is 10.3. The smallest absolute Gasteiger partial charge is 0.0843 e. The Morgan fingerprint density at radius 2 is 1.62 bits per heavy atom. The number of rotatable bonds is 0. The van der Waals surface area contributed by atoms with Crippen molar-refractivity contribution in [2.45, 2.75) is 10.7 Å². The highest BCUT2D eigenvalue weighted by atomic mass is 35.6. The maximum Gasteiger partial charge on any atom is 0.216 e. The Kier molecular flexibility index (Phi) is 3.65. The molecule has 0 saturated heterocycles. The molecule has 0 atom stereocenters. The lowest BCUT2D eigenvalue weighted by atomic mass is 10.1. The summed E-state index contributed by atoms with van der Waals surface area (Å²) >= 11 is 28.8. The fraction of sp³-hybridized carbons (Fsp3) is 0.250. The van der Waals surface area contributed by atoms with Crippen molar-refractivity contribution < 1.29 is 0 Å². The molecule has 1 aromatic rings. The van der Waals surface area contributed by atoms with E-state index < -0.39 is 3.79 Å². The van der Waals surface area contributed by atoms with Gasteiger partial charge in [0.05, 0.1) is 0 Å². The Hall–Kier alpha value is 0.670. The van der Waals surface area contributed by atoms with Crippen LogP contribution in [0.5, 0.6) is 0 Å². The number of hydrogen-bond acceptors (Lipinski definition) is 0. The van der Waals surface area contributed by atoms with E-state index in [4.69, 9.17) is 58.0 Å². The minimum Gasteiger partial charge on any atom is -0.0843 e. The maximum atomic E-state index is 5.86. The van der Waals surface area contributed by atoms with E-state index in [1.165, 1.54) is 0 Å². The van der Waals surface area contributed by atoms with E-state index in [1.54, 1.807) is 19.1 Å². The molecule has 0 spiro atoms. The second kappa shape index (κ2) is 4.04. The summed E-state index contributed by atoms with van der Waals surface area (Å²) in [7, 11) is 0. The van der Waals surface area contributed by atoms with E-state index in [1.807, 2.05) is 0 Å². The van der Waals surface area contributed by atoms with E-state index in [9.17, 15) is 0 Å². The molecule has 1 aromatic carbocycles. The summed E-state index contributed by atoms with van der Waals surface area (Å²) in [5.74, 6) is 0. The fourth-order valence-corrected chi connectivity index (χ4v) is 2.02. The lowest BCUT2D eigenvalue weighted by Crippen LogP contribution is -2.03. The summed E-state index contributed by atoms with van der Waals surface area (Å²) in [6.07, 6.45) is 0. The van der Waals surface area contributed by atoms with Gasteiger partial charge in [-0.15, -0.1) is 0 Å². The molecule has 0 aliphatic heterocycles. The molecule has 0 unspecified atom stereocenters. The molecule has 0 saturated carbocycles.